The number of imidazole rings is 2. The fourth-order valence-corrected chi connectivity index (χ4v) is 7.54. The number of rotatable bonds is 18. The Hall–Kier alpha value is -7.10. The number of benzene rings is 3. The Morgan fingerprint density at radius 2 is 1.52 bits per heavy atom. The molecular weight excluding hydrogens is 773 g/mol. The molecule has 7 aromatic rings. The lowest BCUT2D eigenvalue weighted by Crippen LogP contribution is -2.19. The van der Waals surface area contributed by atoms with Crippen LogP contribution in [0.2, 0.25) is 0 Å². The van der Waals surface area contributed by atoms with Crippen LogP contribution in [0.5, 0.6) is 0 Å². The molecule has 3 aromatic carbocycles. The third kappa shape index (κ3) is 10.4. The standard InChI is InChI=1S/C25H30N8O3.C20H24N4O/c1-4-32-22(24(36)29-25-27-20-10-9-17(23(26)35)13-21(20)28-25)19(16(3)31-32)8-6-5-7-11-33-18(14-34)12-15(2)30-33;1-3-5-14-6-4-7-15(12-14)10-11-24-18-9-8-16(19(21)25)13-17(18)23-20(24)22-2/h9-10,12-14H,4-8,11H2,1-3H3,(H2,26,35)(H2,27,28,29,36);4,6-9,12-13H,3,5,10-11H2,1-2H3,(H2,21,25)(H,22,23). The molecule has 0 saturated heterocycles. The predicted molar refractivity (Wildman–Crippen MR) is 237 cm³/mol. The zero-order valence-corrected chi connectivity index (χ0v) is 35.4. The highest BCUT2D eigenvalue weighted by Gasteiger charge is 2.22. The quantitative estimate of drug-likeness (QED) is 0.0467. The van der Waals surface area contributed by atoms with Crippen LogP contribution in [0.15, 0.2) is 66.7 Å². The maximum Gasteiger partial charge on any atom is 0.276 e. The number of unbranched alkanes of at least 4 members (excludes halogenated alkanes) is 2. The van der Waals surface area contributed by atoms with Crippen molar-refractivity contribution in [2.75, 3.05) is 17.7 Å². The monoisotopic (exact) mass is 826 g/mol. The molecular formula is C45H54N12O4. The normalized spacial score (nSPS) is 11.1. The first kappa shape index (κ1) is 43.5. The van der Waals surface area contributed by atoms with Crippen molar-refractivity contribution in [3.8, 4) is 0 Å². The number of carbonyl (C=O) groups is 4. The van der Waals surface area contributed by atoms with E-state index in [4.69, 9.17) is 11.5 Å². The van der Waals surface area contributed by atoms with Crippen LogP contribution < -0.4 is 22.1 Å². The summed E-state index contributed by atoms with van der Waals surface area (Å²) >= 11 is 0. The average molecular weight is 827 g/mol. The molecule has 0 aliphatic carbocycles. The van der Waals surface area contributed by atoms with E-state index in [1.165, 1.54) is 11.1 Å². The average Bonchev–Trinajstić information content (AvgIpc) is 4.01. The molecule has 0 unspecified atom stereocenters. The Labute approximate surface area is 354 Å². The molecule has 16 nitrogen and oxygen atoms in total. The summed E-state index contributed by atoms with van der Waals surface area (Å²) in [6.45, 7) is 9.96. The molecule has 4 aromatic heterocycles. The van der Waals surface area contributed by atoms with Gasteiger partial charge in [0.1, 0.15) is 11.4 Å². The van der Waals surface area contributed by atoms with Crippen molar-refractivity contribution in [2.45, 2.75) is 92.3 Å². The molecule has 7 rings (SSSR count). The lowest BCUT2D eigenvalue weighted by Gasteiger charge is -2.10. The fourth-order valence-electron chi connectivity index (χ4n) is 7.54. The number of nitrogens with two attached hydrogens (primary N) is 2. The Kier molecular flexibility index (Phi) is 14.1. The van der Waals surface area contributed by atoms with Crippen LogP contribution >= 0.6 is 0 Å². The van der Waals surface area contributed by atoms with Gasteiger partial charge in [0.15, 0.2) is 6.29 Å². The molecule has 0 atom stereocenters. The summed E-state index contributed by atoms with van der Waals surface area (Å²) in [6.07, 6.45) is 7.38. The van der Waals surface area contributed by atoms with E-state index in [1.807, 2.05) is 33.9 Å². The zero-order chi connectivity index (χ0) is 43.6. The number of aldehydes is 1. The van der Waals surface area contributed by atoms with Gasteiger partial charge in [0.25, 0.3) is 5.91 Å². The van der Waals surface area contributed by atoms with Gasteiger partial charge in [-0.1, -0.05) is 44.0 Å². The van der Waals surface area contributed by atoms with Crippen LogP contribution in [-0.4, -0.2) is 70.1 Å². The van der Waals surface area contributed by atoms with E-state index in [2.05, 4.69) is 71.5 Å². The lowest BCUT2D eigenvalue weighted by molar-refractivity contribution is 0.0992. The van der Waals surface area contributed by atoms with E-state index in [9.17, 15) is 19.2 Å². The Morgan fingerprint density at radius 1 is 0.787 bits per heavy atom. The second-order valence-electron chi connectivity index (χ2n) is 15.0. The summed E-state index contributed by atoms with van der Waals surface area (Å²) in [5.41, 5.74) is 20.9. The van der Waals surface area contributed by atoms with Gasteiger partial charge in [0.05, 0.1) is 33.5 Å². The van der Waals surface area contributed by atoms with Gasteiger partial charge in [-0.3, -0.25) is 33.9 Å². The molecule has 0 aliphatic heterocycles. The first-order valence-electron chi connectivity index (χ1n) is 20.6. The van der Waals surface area contributed by atoms with Crippen molar-refractivity contribution < 1.29 is 19.2 Å². The molecule has 318 valence electrons. The molecule has 3 amide bonds. The van der Waals surface area contributed by atoms with E-state index >= 15 is 0 Å². The van der Waals surface area contributed by atoms with Crippen LogP contribution in [-0.2, 0) is 38.9 Å². The minimum Gasteiger partial charge on any atom is -0.366 e. The van der Waals surface area contributed by atoms with Gasteiger partial charge in [-0.15, -0.1) is 0 Å². The smallest absolute Gasteiger partial charge is 0.276 e. The van der Waals surface area contributed by atoms with Crippen LogP contribution in [0.1, 0.15) is 109 Å². The summed E-state index contributed by atoms with van der Waals surface area (Å²) in [6, 6.07) is 20.8. The molecule has 0 fully saturated rings. The molecule has 0 bridgehead atoms. The molecule has 7 N–H and O–H groups in total. The molecule has 0 spiro atoms. The lowest BCUT2D eigenvalue weighted by atomic mass is 10.0. The van der Waals surface area contributed by atoms with Crippen LogP contribution in [0.3, 0.4) is 0 Å². The van der Waals surface area contributed by atoms with Gasteiger partial charge in [0.2, 0.25) is 23.7 Å². The van der Waals surface area contributed by atoms with Gasteiger partial charge >= 0.3 is 0 Å². The van der Waals surface area contributed by atoms with Gasteiger partial charge in [-0.05, 0) is 106 Å². The van der Waals surface area contributed by atoms with E-state index < -0.39 is 11.8 Å². The van der Waals surface area contributed by atoms with Crippen LogP contribution in [0.4, 0.5) is 11.9 Å². The van der Waals surface area contributed by atoms with Gasteiger partial charge < -0.3 is 26.3 Å². The van der Waals surface area contributed by atoms with E-state index in [0.29, 0.717) is 53.1 Å². The molecule has 16 heteroatoms. The summed E-state index contributed by atoms with van der Waals surface area (Å²) < 4.78 is 5.59. The van der Waals surface area contributed by atoms with E-state index in [0.717, 1.165) is 85.3 Å². The first-order valence-corrected chi connectivity index (χ1v) is 20.6. The molecule has 4 heterocycles. The maximum atomic E-state index is 13.3. The van der Waals surface area contributed by atoms with Crippen LogP contribution in [0, 0.1) is 13.8 Å². The first-order chi connectivity index (χ1) is 29.4. The Bertz CT molecular complexity index is 2680. The van der Waals surface area contributed by atoms with Crippen molar-refractivity contribution in [3.63, 3.8) is 0 Å². The highest BCUT2D eigenvalue weighted by Crippen LogP contribution is 2.23. The minimum atomic E-state index is -0.534. The van der Waals surface area contributed by atoms with Crippen molar-refractivity contribution in [3.05, 3.63) is 117 Å². The second-order valence-corrected chi connectivity index (χ2v) is 15.0. The number of hydrogen-bond donors (Lipinski definition) is 5. The van der Waals surface area contributed by atoms with Crippen molar-refractivity contribution >= 4 is 58.0 Å². The highest BCUT2D eigenvalue weighted by molar-refractivity contribution is 6.04. The number of carbonyl (C=O) groups excluding carboxylic acids is 4. The zero-order valence-electron chi connectivity index (χ0n) is 35.4. The molecule has 61 heavy (non-hydrogen) atoms. The number of anilines is 2. The van der Waals surface area contributed by atoms with Gasteiger partial charge in [-0.25, -0.2) is 9.97 Å². The van der Waals surface area contributed by atoms with Crippen LogP contribution in [0.25, 0.3) is 22.1 Å². The summed E-state index contributed by atoms with van der Waals surface area (Å²) in [4.78, 5) is 59.3. The van der Waals surface area contributed by atoms with Gasteiger partial charge in [0, 0.05) is 43.4 Å². The second kappa shape index (κ2) is 19.8. The third-order valence-corrected chi connectivity index (χ3v) is 10.5. The summed E-state index contributed by atoms with van der Waals surface area (Å²) in [5, 5.41) is 14.9. The largest absolute Gasteiger partial charge is 0.366 e. The number of nitrogens with one attached hydrogen (secondary N) is 3. The number of nitrogens with zero attached hydrogens (tertiary/aromatic N) is 7. The van der Waals surface area contributed by atoms with Crippen molar-refractivity contribution in [2.24, 2.45) is 11.5 Å². The minimum absolute atomic E-state index is 0.282. The van der Waals surface area contributed by atoms with Crippen molar-refractivity contribution in [1.82, 2.24) is 39.1 Å². The molecule has 0 radical (unpaired) electrons. The maximum absolute atomic E-state index is 13.3. The number of primary amides is 2. The number of aromatic amines is 1. The number of aryl methyl sites for hydroxylation is 7. The van der Waals surface area contributed by atoms with E-state index in [-0.39, 0.29) is 11.9 Å². The number of amides is 3. The van der Waals surface area contributed by atoms with Crippen molar-refractivity contribution in [1.29, 1.82) is 0 Å². The highest BCUT2D eigenvalue weighted by atomic mass is 16.2. The number of fused-ring (bicyclic) bond motifs is 2. The fraction of sp³-hybridized carbons (Fsp3) is 0.333. The number of aromatic nitrogens is 8. The Morgan fingerprint density at radius 3 is 2.23 bits per heavy atom. The summed E-state index contributed by atoms with van der Waals surface area (Å²) in [5.74, 6) is -0.196. The summed E-state index contributed by atoms with van der Waals surface area (Å²) in [7, 11) is 1.86. The van der Waals surface area contributed by atoms with Gasteiger partial charge in [-0.2, -0.15) is 10.2 Å². The topological polar surface area (TPSA) is 227 Å². The molecule has 0 aliphatic rings. The molecule has 0 saturated carbocycles. The third-order valence-electron chi connectivity index (χ3n) is 10.5. The predicted octanol–water partition coefficient (Wildman–Crippen LogP) is 6.54. The Balaban J connectivity index is 0.000000218. The number of hydrogen-bond acceptors (Lipinski definition) is 9. The number of H-pyrrole nitrogens is 1. The SMILES string of the molecule is CCCc1cccc(CCn2c(NC)nc3cc(C(N)=O)ccc32)c1.CCn1nc(C)c(CCCCCn2nc(C)cc2C=O)c1C(=O)Nc1nc2ccc(C(N)=O)cc2[nH]1. The van der Waals surface area contributed by atoms with E-state index in [1.54, 1.807) is 45.8 Å².